The number of carbonyl (C=O) groups is 1. The van der Waals surface area contributed by atoms with Crippen LogP contribution < -0.4 is 0 Å². The zero-order valence-electron chi connectivity index (χ0n) is 9.33. The monoisotopic (exact) mass is 250 g/mol. The van der Waals surface area contributed by atoms with Crippen molar-refractivity contribution in [3.8, 4) is 0 Å². The minimum Gasteiger partial charge on any atom is -0.466 e. The predicted octanol–water partition coefficient (Wildman–Crippen LogP) is 3.16. The van der Waals surface area contributed by atoms with E-state index in [0.29, 0.717) is 28.5 Å². The van der Waals surface area contributed by atoms with Gasteiger partial charge < -0.3 is 9.47 Å². The average Bonchev–Trinajstić information content (AvgIpc) is 2.71. The fraction of sp³-hybridized carbons (Fsp3) is 0.154. The molecule has 0 atom stereocenters. The second kappa shape index (κ2) is 4.63. The molecule has 0 N–H and O–H groups in total. The van der Waals surface area contributed by atoms with Crippen LogP contribution in [0.1, 0.15) is 12.0 Å². The highest BCUT2D eigenvalue weighted by Gasteiger charge is 2.27. The van der Waals surface area contributed by atoms with E-state index < -0.39 is 5.97 Å². The van der Waals surface area contributed by atoms with Crippen LogP contribution >= 0.6 is 11.6 Å². The lowest BCUT2D eigenvalue weighted by Crippen LogP contribution is -2.04. The van der Waals surface area contributed by atoms with Gasteiger partial charge in [-0.3, -0.25) is 0 Å². The van der Waals surface area contributed by atoms with Crippen LogP contribution in [0.2, 0.25) is 5.02 Å². The highest BCUT2D eigenvalue weighted by Crippen LogP contribution is 2.34. The molecule has 17 heavy (non-hydrogen) atoms. The van der Waals surface area contributed by atoms with Crippen molar-refractivity contribution in [3.05, 3.63) is 52.8 Å². The van der Waals surface area contributed by atoms with Crippen LogP contribution in [-0.4, -0.2) is 13.1 Å². The highest BCUT2D eigenvalue weighted by atomic mass is 35.5. The average molecular weight is 251 g/mol. The number of carbonyl (C=O) groups excluding carboxylic acids is 1. The minimum atomic E-state index is -0.395. The number of rotatable bonds is 2. The van der Waals surface area contributed by atoms with Gasteiger partial charge in [0, 0.05) is 17.0 Å². The van der Waals surface area contributed by atoms with Gasteiger partial charge >= 0.3 is 5.97 Å². The summed E-state index contributed by atoms with van der Waals surface area (Å²) in [5.74, 6) is 0.641. The third-order valence-electron chi connectivity index (χ3n) is 2.43. The number of esters is 1. The van der Waals surface area contributed by atoms with Crippen molar-refractivity contribution in [1.82, 2.24) is 0 Å². The van der Waals surface area contributed by atoms with Gasteiger partial charge in [0.1, 0.15) is 11.5 Å². The lowest BCUT2D eigenvalue weighted by atomic mass is 10.1. The van der Waals surface area contributed by atoms with E-state index in [2.05, 4.69) is 6.58 Å². The Labute approximate surface area is 104 Å². The fourth-order valence-electron chi connectivity index (χ4n) is 1.64. The number of allylic oxidation sites excluding steroid dienone is 1. The topological polar surface area (TPSA) is 35.5 Å². The Morgan fingerprint density at radius 2 is 2.06 bits per heavy atom. The number of ether oxygens (including phenoxy) is 2. The Hall–Kier alpha value is -1.74. The Balaban J connectivity index is 2.43. The SMILES string of the molecule is C=C1CC(C(=O)OC)=C(c2ccc(Cl)cc2)O1. The van der Waals surface area contributed by atoms with Crippen LogP contribution in [0.25, 0.3) is 5.76 Å². The summed E-state index contributed by atoms with van der Waals surface area (Å²) in [6.45, 7) is 3.72. The van der Waals surface area contributed by atoms with Gasteiger partial charge in [-0.2, -0.15) is 0 Å². The van der Waals surface area contributed by atoms with Gasteiger partial charge in [0.25, 0.3) is 0 Å². The maximum absolute atomic E-state index is 11.6. The summed E-state index contributed by atoms with van der Waals surface area (Å²) in [5, 5.41) is 0.630. The van der Waals surface area contributed by atoms with Crippen LogP contribution in [-0.2, 0) is 14.3 Å². The highest BCUT2D eigenvalue weighted by molar-refractivity contribution is 6.30. The van der Waals surface area contributed by atoms with Gasteiger partial charge in [0.05, 0.1) is 12.7 Å². The van der Waals surface area contributed by atoms with Gasteiger partial charge in [0.2, 0.25) is 0 Å². The molecule has 2 rings (SSSR count). The lowest BCUT2D eigenvalue weighted by Gasteiger charge is -2.05. The van der Waals surface area contributed by atoms with Gasteiger partial charge in [0.15, 0.2) is 0 Å². The molecule has 0 saturated carbocycles. The zero-order valence-corrected chi connectivity index (χ0v) is 10.1. The second-order valence-electron chi connectivity index (χ2n) is 3.62. The normalized spacial score (nSPS) is 14.8. The van der Waals surface area contributed by atoms with Crippen molar-refractivity contribution < 1.29 is 14.3 Å². The maximum Gasteiger partial charge on any atom is 0.338 e. The number of benzene rings is 1. The van der Waals surface area contributed by atoms with Gasteiger partial charge in [-0.1, -0.05) is 18.2 Å². The molecule has 0 spiro atoms. The molecule has 0 saturated heterocycles. The van der Waals surface area contributed by atoms with Gasteiger partial charge in [-0.15, -0.1) is 0 Å². The number of halogens is 1. The molecule has 88 valence electrons. The predicted molar refractivity (Wildman–Crippen MR) is 65.2 cm³/mol. The molecule has 0 radical (unpaired) electrons. The van der Waals surface area contributed by atoms with Crippen LogP contribution in [0, 0.1) is 0 Å². The Morgan fingerprint density at radius 3 is 2.65 bits per heavy atom. The first kappa shape index (κ1) is 11.7. The molecule has 0 aliphatic carbocycles. The lowest BCUT2D eigenvalue weighted by molar-refractivity contribution is -0.136. The molecule has 0 aromatic heterocycles. The summed E-state index contributed by atoms with van der Waals surface area (Å²) in [5.41, 5.74) is 1.27. The molecule has 0 bridgehead atoms. The molecule has 0 amide bonds. The van der Waals surface area contributed by atoms with E-state index >= 15 is 0 Å². The molecule has 3 nitrogen and oxygen atoms in total. The summed E-state index contributed by atoms with van der Waals surface area (Å²) in [6.07, 6.45) is 0.380. The number of methoxy groups -OCH3 is 1. The summed E-state index contributed by atoms with van der Waals surface area (Å²) < 4.78 is 10.2. The Morgan fingerprint density at radius 1 is 1.41 bits per heavy atom. The summed E-state index contributed by atoms with van der Waals surface area (Å²) >= 11 is 5.81. The third-order valence-corrected chi connectivity index (χ3v) is 2.68. The van der Waals surface area contributed by atoms with Crippen LogP contribution in [0.15, 0.2) is 42.2 Å². The van der Waals surface area contributed by atoms with E-state index in [9.17, 15) is 4.79 Å². The van der Waals surface area contributed by atoms with E-state index in [4.69, 9.17) is 21.1 Å². The van der Waals surface area contributed by atoms with Crippen molar-refractivity contribution in [2.75, 3.05) is 7.11 Å². The molecule has 1 aromatic rings. The fourth-order valence-corrected chi connectivity index (χ4v) is 1.77. The smallest absolute Gasteiger partial charge is 0.338 e. The molecule has 4 heteroatoms. The third kappa shape index (κ3) is 2.34. The first-order chi connectivity index (χ1) is 8.11. The molecule has 0 fully saturated rings. The summed E-state index contributed by atoms with van der Waals surface area (Å²) in [4.78, 5) is 11.6. The van der Waals surface area contributed by atoms with Crippen molar-refractivity contribution in [2.24, 2.45) is 0 Å². The Kier molecular flexibility index (Phi) is 3.20. The van der Waals surface area contributed by atoms with Gasteiger partial charge in [-0.05, 0) is 24.3 Å². The van der Waals surface area contributed by atoms with Gasteiger partial charge in [-0.25, -0.2) is 4.79 Å². The van der Waals surface area contributed by atoms with Crippen LogP contribution in [0.5, 0.6) is 0 Å². The van der Waals surface area contributed by atoms with E-state index in [1.54, 1.807) is 24.3 Å². The van der Waals surface area contributed by atoms with E-state index in [1.165, 1.54) is 7.11 Å². The first-order valence-corrected chi connectivity index (χ1v) is 5.42. The summed E-state index contributed by atoms with van der Waals surface area (Å²) in [6, 6.07) is 7.06. The van der Waals surface area contributed by atoms with E-state index in [1.807, 2.05) is 0 Å². The zero-order chi connectivity index (χ0) is 12.4. The van der Waals surface area contributed by atoms with E-state index in [0.717, 1.165) is 5.56 Å². The van der Waals surface area contributed by atoms with Crippen molar-refractivity contribution in [3.63, 3.8) is 0 Å². The minimum absolute atomic E-state index is 0.380. The maximum atomic E-state index is 11.6. The molecular formula is C13H11ClO3. The van der Waals surface area contributed by atoms with Crippen molar-refractivity contribution >= 4 is 23.3 Å². The second-order valence-corrected chi connectivity index (χ2v) is 4.06. The Bertz CT molecular complexity index is 500. The molecule has 1 aromatic carbocycles. The van der Waals surface area contributed by atoms with E-state index in [-0.39, 0.29) is 0 Å². The quantitative estimate of drug-likeness (QED) is 0.757. The van der Waals surface area contributed by atoms with Crippen molar-refractivity contribution in [2.45, 2.75) is 6.42 Å². The number of hydrogen-bond donors (Lipinski definition) is 0. The van der Waals surface area contributed by atoms with Crippen LogP contribution in [0.4, 0.5) is 0 Å². The molecule has 0 unspecified atom stereocenters. The molecule has 1 heterocycles. The largest absolute Gasteiger partial charge is 0.466 e. The summed E-state index contributed by atoms with van der Waals surface area (Å²) in [7, 11) is 1.34. The first-order valence-electron chi connectivity index (χ1n) is 5.05. The number of hydrogen-bond acceptors (Lipinski definition) is 3. The molecule has 1 aliphatic heterocycles. The van der Waals surface area contributed by atoms with Crippen LogP contribution in [0.3, 0.4) is 0 Å². The molecule has 1 aliphatic rings. The van der Waals surface area contributed by atoms with Crippen molar-refractivity contribution in [1.29, 1.82) is 0 Å². The standard InChI is InChI=1S/C13H11ClO3/c1-8-7-11(13(15)16-2)12(17-8)9-3-5-10(14)6-4-9/h3-6H,1,7H2,2H3. The molecular weight excluding hydrogens is 240 g/mol.